The van der Waals surface area contributed by atoms with E-state index in [9.17, 15) is 8.78 Å². The van der Waals surface area contributed by atoms with Gasteiger partial charge in [0.15, 0.2) is 11.6 Å². The van der Waals surface area contributed by atoms with Crippen LogP contribution < -0.4 is 11.1 Å². The minimum absolute atomic E-state index is 0.000725. The summed E-state index contributed by atoms with van der Waals surface area (Å²) in [4.78, 5) is 1.95. The molecule has 0 aliphatic carbocycles. The smallest absolute Gasteiger partial charge is 0.182 e. The van der Waals surface area contributed by atoms with Gasteiger partial charge in [-0.1, -0.05) is 6.07 Å². The van der Waals surface area contributed by atoms with Crippen molar-refractivity contribution in [3.8, 4) is 0 Å². The highest BCUT2D eigenvalue weighted by Crippen LogP contribution is 2.20. The van der Waals surface area contributed by atoms with Crippen LogP contribution in [0.5, 0.6) is 0 Å². The van der Waals surface area contributed by atoms with E-state index in [0.29, 0.717) is 6.54 Å². The molecule has 90 valence electrons. The second-order valence-electron chi connectivity index (χ2n) is 3.83. The van der Waals surface area contributed by atoms with E-state index in [0.717, 1.165) is 6.54 Å². The van der Waals surface area contributed by atoms with Gasteiger partial charge in [-0.3, -0.25) is 0 Å². The highest BCUT2D eigenvalue weighted by atomic mass is 19.2. The lowest BCUT2D eigenvalue weighted by Crippen LogP contribution is -2.21. The summed E-state index contributed by atoms with van der Waals surface area (Å²) in [6.45, 7) is 1.31. The van der Waals surface area contributed by atoms with E-state index >= 15 is 0 Å². The Balaban J connectivity index is 2.71. The third-order valence-electron chi connectivity index (χ3n) is 2.26. The van der Waals surface area contributed by atoms with Gasteiger partial charge in [-0.15, -0.1) is 0 Å². The highest BCUT2D eigenvalue weighted by Gasteiger charge is 2.11. The Morgan fingerprint density at radius 1 is 1.25 bits per heavy atom. The zero-order valence-electron chi connectivity index (χ0n) is 9.56. The van der Waals surface area contributed by atoms with Crippen molar-refractivity contribution in [2.75, 3.05) is 32.5 Å². The van der Waals surface area contributed by atoms with Crippen molar-refractivity contribution < 1.29 is 8.78 Å². The second kappa shape index (κ2) is 5.77. The number of halogens is 2. The second-order valence-corrected chi connectivity index (χ2v) is 3.83. The number of benzene rings is 1. The molecule has 0 spiro atoms. The predicted octanol–water partition coefficient (Wildman–Crippen LogP) is 1.40. The average Bonchev–Trinajstić information content (AvgIpc) is 2.24. The van der Waals surface area contributed by atoms with Crippen molar-refractivity contribution in [1.29, 1.82) is 0 Å². The van der Waals surface area contributed by atoms with Crippen molar-refractivity contribution in [2.24, 2.45) is 5.73 Å². The summed E-state index contributed by atoms with van der Waals surface area (Å²) < 4.78 is 26.8. The van der Waals surface area contributed by atoms with Gasteiger partial charge in [-0.25, -0.2) is 8.78 Å². The molecule has 0 radical (unpaired) electrons. The summed E-state index contributed by atoms with van der Waals surface area (Å²) >= 11 is 0. The molecule has 0 fully saturated rings. The summed E-state index contributed by atoms with van der Waals surface area (Å²) in [5.74, 6) is -1.72. The largest absolute Gasteiger partial charge is 0.381 e. The van der Waals surface area contributed by atoms with Gasteiger partial charge in [-0.05, 0) is 20.2 Å². The SMILES string of the molecule is CN(C)CCNc1ccc(CN)c(F)c1F. The zero-order chi connectivity index (χ0) is 12.1. The van der Waals surface area contributed by atoms with Gasteiger partial charge in [0, 0.05) is 25.2 Å². The van der Waals surface area contributed by atoms with Crippen molar-refractivity contribution in [1.82, 2.24) is 4.90 Å². The fourth-order valence-electron chi connectivity index (χ4n) is 1.30. The number of anilines is 1. The van der Waals surface area contributed by atoms with Crippen LogP contribution in [0.25, 0.3) is 0 Å². The molecular weight excluding hydrogens is 212 g/mol. The minimum atomic E-state index is -0.864. The number of hydrogen-bond acceptors (Lipinski definition) is 3. The Morgan fingerprint density at radius 2 is 1.94 bits per heavy atom. The molecule has 0 aliphatic rings. The first-order chi connectivity index (χ1) is 7.56. The Labute approximate surface area is 94.2 Å². The first-order valence-corrected chi connectivity index (χ1v) is 5.11. The van der Waals surface area contributed by atoms with Crippen LogP contribution in [0.1, 0.15) is 5.56 Å². The summed E-state index contributed by atoms with van der Waals surface area (Å²) in [5.41, 5.74) is 5.64. The molecule has 5 heteroatoms. The number of hydrogen-bond donors (Lipinski definition) is 2. The van der Waals surface area contributed by atoms with Crippen molar-refractivity contribution in [3.05, 3.63) is 29.3 Å². The van der Waals surface area contributed by atoms with Crippen LogP contribution in [0, 0.1) is 11.6 Å². The molecule has 1 aromatic rings. The van der Waals surface area contributed by atoms with Gasteiger partial charge in [0.1, 0.15) is 0 Å². The van der Waals surface area contributed by atoms with Crippen LogP contribution in [0.3, 0.4) is 0 Å². The maximum atomic E-state index is 13.5. The number of nitrogens with one attached hydrogen (secondary N) is 1. The molecule has 1 rings (SSSR count). The molecule has 0 aliphatic heterocycles. The molecule has 0 amide bonds. The van der Waals surface area contributed by atoms with E-state index in [4.69, 9.17) is 5.73 Å². The van der Waals surface area contributed by atoms with Gasteiger partial charge < -0.3 is 16.0 Å². The van der Waals surface area contributed by atoms with E-state index in [1.165, 1.54) is 12.1 Å². The lowest BCUT2D eigenvalue weighted by atomic mass is 10.2. The number of likely N-dealkylation sites (N-methyl/N-ethyl adjacent to an activating group) is 1. The van der Waals surface area contributed by atoms with Gasteiger partial charge in [0.2, 0.25) is 0 Å². The Kier molecular flexibility index (Phi) is 4.64. The molecule has 1 aromatic carbocycles. The maximum Gasteiger partial charge on any atom is 0.182 e. The highest BCUT2D eigenvalue weighted by molar-refractivity contribution is 5.47. The number of nitrogens with two attached hydrogens (primary N) is 1. The molecule has 0 saturated carbocycles. The molecule has 3 N–H and O–H groups in total. The Morgan fingerprint density at radius 3 is 2.50 bits per heavy atom. The van der Waals surface area contributed by atoms with E-state index < -0.39 is 11.6 Å². The summed E-state index contributed by atoms with van der Waals surface area (Å²) in [5, 5.41) is 2.84. The third-order valence-corrected chi connectivity index (χ3v) is 2.26. The lowest BCUT2D eigenvalue weighted by molar-refractivity contribution is 0.424. The lowest BCUT2D eigenvalue weighted by Gasteiger charge is -2.13. The quantitative estimate of drug-likeness (QED) is 0.802. The van der Waals surface area contributed by atoms with Gasteiger partial charge >= 0.3 is 0 Å². The third kappa shape index (κ3) is 3.15. The van der Waals surface area contributed by atoms with Crippen molar-refractivity contribution in [2.45, 2.75) is 6.54 Å². The van der Waals surface area contributed by atoms with Crippen LogP contribution >= 0.6 is 0 Å². The standard InChI is InChI=1S/C11H17F2N3/c1-16(2)6-5-15-9-4-3-8(7-14)10(12)11(9)13/h3-4,15H,5-7,14H2,1-2H3. The predicted molar refractivity (Wildman–Crippen MR) is 61.3 cm³/mol. The van der Waals surface area contributed by atoms with Crippen LogP contribution in [-0.4, -0.2) is 32.1 Å². The monoisotopic (exact) mass is 229 g/mol. The molecule has 0 aromatic heterocycles. The molecule has 0 unspecified atom stereocenters. The molecule has 0 atom stereocenters. The number of nitrogens with zero attached hydrogens (tertiary/aromatic N) is 1. The first-order valence-electron chi connectivity index (χ1n) is 5.11. The summed E-state index contributed by atoms with van der Waals surface area (Å²) in [6, 6.07) is 3.01. The molecular formula is C11H17F2N3. The molecule has 16 heavy (non-hydrogen) atoms. The molecule has 3 nitrogen and oxygen atoms in total. The fourth-order valence-corrected chi connectivity index (χ4v) is 1.30. The van der Waals surface area contributed by atoms with Gasteiger partial charge in [0.05, 0.1) is 5.69 Å². The fraction of sp³-hybridized carbons (Fsp3) is 0.455. The Hall–Kier alpha value is -1.20. The number of rotatable bonds is 5. The zero-order valence-corrected chi connectivity index (χ0v) is 9.56. The molecule has 0 saturated heterocycles. The first kappa shape index (κ1) is 12.9. The van der Waals surface area contributed by atoms with E-state index in [-0.39, 0.29) is 17.8 Å². The van der Waals surface area contributed by atoms with Crippen LogP contribution in [0.4, 0.5) is 14.5 Å². The summed E-state index contributed by atoms with van der Waals surface area (Å²) in [7, 11) is 3.83. The van der Waals surface area contributed by atoms with E-state index in [2.05, 4.69) is 5.32 Å². The maximum absolute atomic E-state index is 13.5. The van der Waals surface area contributed by atoms with Crippen LogP contribution in [-0.2, 0) is 6.54 Å². The Bertz CT molecular complexity index is 353. The van der Waals surface area contributed by atoms with Crippen molar-refractivity contribution >= 4 is 5.69 Å². The summed E-state index contributed by atoms with van der Waals surface area (Å²) in [6.07, 6.45) is 0. The molecule has 0 bridgehead atoms. The van der Waals surface area contributed by atoms with Gasteiger partial charge in [-0.2, -0.15) is 0 Å². The van der Waals surface area contributed by atoms with E-state index in [1.54, 1.807) is 0 Å². The van der Waals surface area contributed by atoms with Crippen molar-refractivity contribution in [3.63, 3.8) is 0 Å². The topological polar surface area (TPSA) is 41.3 Å². The normalized spacial score (nSPS) is 10.9. The molecule has 0 heterocycles. The van der Waals surface area contributed by atoms with Crippen LogP contribution in [0.2, 0.25) is 0 Å². The van der Waals surface area contributed by atoms with Gasteiger partial charge in [0.25, 0.3) is 0 Å². The van der Waals surface area contributed by atoms with Crippen LogP contribution in [0.15, 0.2) is 12.1 Å². The average molecular weight is 229 g/mol. The van der Waals surface area contributed by atoms with E-state index in [1.807, 2.05) is 19.0 Å². The minimum Gasteiger partial charge on any atom is -0.381 e.